The van der Waals surface area contributed by atoms with Crippen LogP contribution >= 0.6 is 0 Å². The highest BCUT2D eigenvalue weighted by Gasteiger charge is 2.45. The first kappa shape index (κ1) is 33.9. The first-order chi connectivity index (χ1) is 21.8. The van der Waals surface area contributed by atoms with Crippen molar-refractivity contribution in [3.05, 3.63) is 81.9 Å². The van der Waals surface area contributed by atoms with Gasteiger partial charge >= 0.3 is 0 Å². The van der Waals surface area contributed by atoms with Gasteiger partial charge in [-0.3, -0.25) is 0 Å². The van der Waals surface area contributed by atoms with Crippen molar-refractivity contribution in [1.82, 2.24) is 0 Å². The molecule has 3 aromatic rings. The second-order valence-electron chi connectivity index (χ2n) is 15.0. The summed E-state index contributed by atoms with van der Waals surface area (Å²) in [5.74, 6) is 3.18. The third-order valence-corrected chi connectivity index (χ3v) is 10.3. The maximum absolute atomic E-state index is 10.7. The van der Waals surface area contributed by atoms with Crippen molar-refractivity contribution >= 4 is 0 Å². The van der Waals surface area contributed by atoms with E-state index in [1.165, 1.54) is 48.8 Å². The maximum Gasteiger partial charge on any atom is 0.132 e. The molecule has 3 aromatic carbocycles. The summed E-state index contributed by atoms with van der Waals surface area (Å²) in [6.45, 7) is 17.3. The summed E-state index contributed by atoms with van der Waals surface area (Å²) < 4.78 is 12.6. The summed E-state index contributed by atoms with van der Waals surface area (Å²) in [5, 5.41) is 21.3. The number of allylic oxidation sites excluding steroid dienone is 2. The Hall–Kier alpha value is -3.40. The van der Waals surface area contributed by atoms with E-state index >= 15 is 0 Å². The Morgan fingerprint density at radius 1 is 0.761 bits per heavy atom. The number of hydrogen-bond acceptors (Lipinski definition) is 4. The van der Waals surface area contributed by atoms with E-state index in [-0.39, 0.29) is 17.1 Å². The first-order valence-electron chi connectivity index (χ1n) is 17.7. The molecule has 0 bridgehead atoms. The zero-order chi connectivity index (χ0) is 33.2. The fraction of sp³-hybridized carbons (Fsp3) is 0.524. The molecule has 0 aromatic heterocycles. The van der Waals surface area contributed by atoms with Gasteiger partial charge in [0.2, 0.25) is 0 Å². The highest BCUT2D eigenvalue weighted by Crippen LogP contribution is 2.54. The Kier molecular flexibility index (Phi) is 10.2. The fourth-order valence-electron chi connectivity index (χ4n) is 7.75. The van der Waals surface area contributed by atoms with Crippen LogP contribution in [0.1, 0.15) is 134 Å². The zero-order valence-electron chi connectivity index (χ0n) is 29.6. The van der Waals surface area contributed by atoms with Crippen molar-refractivity contribution in [3.63, 3.8) is 0 Å². The number of phenols is 2. The predicted octanol–water partition coefficient (Wildman–Crippen LogP) is 11.5. The van der Waals surface area contributed by atoms with Gasteiger partial charge in [-0.1, -0.05) is 74.9 Å². The van der Waals surface area contributed by atoms with Gasteiger partial charge in [-0.2, -0.15) is 0 Å². The standard InChI is InChI=1S/C21H30O2.C21H26O2/c2*1-5-6-7-8-15-12-18(22)20-16-11-14(2)9-10-17(16)21(3,4)23-19(20)13-15/h11-13,16-17,22H,5-10H2,1-4H3;9-13,22H,5-8H2,1-4H3/t16-,17-;/m1./s1. The molecule has 0 saturated heterocycles. The van der Waals surface area contributed by atoms with Gasteiger partial charge in [-0.15, -0.1) is 0 Å². The molecule has 0 spiro atoms. The molecule has 0 amide bonds. The summed E-state index contributed by atoms with van der Waals surface area (Å²) in [4.78, 5) is 0. The molecule has 0 unspecified atom stereocenters. The molecule has 0 saturated carbocycles. The summed E-state index contributed by atoms with van der Waals surface area (Å²) in [6.07, 6.45) is 13.8. The number of rotatable bonds is 8. The number of hydrogen-bond donors (Lipinski definition) is 2. The monoisotopic (exact) mass is 624 g/mol. The average Bonchev–Trinajstić information content (AvgIpc) is 2.96. The number of fused-ring (bicyclic) bond motifs is 6. The topological polar surface area (TPSA) is 58.9 Å². The van der Waals surface area contributed by atoms with Crippen LogP contribution in [0.3, 0.4) is 0 Å². The van der Waals surface area contributed by atoms with Gasteiger partial charge in [0.15, 0.2) is 0 Å². The molecule has 0 fully saturated rings. The van der Waals surface area contributed by atoms with Crippen LogP contribution < -0.4 is 9.47 Å². The molecule has 3 aliphatic rings. The molecule has 0 radical (unpaired) electrons. The Bertz CT molecular complexity index is 1580. The third kappa shape index (κ3) is 7.11. The Balaban J connectivity index is 0.000000181. The van der Waals surface area contributed by atoms with Crippen molar-refractivity contribution in [2.45, 2.75) is 137 Å². The average molecular weight is 625 g/mol. The van der Waals surface area contributed by atoms with Crippen LogP contribution in [0, 0.1) is 12.8 Å². The Morgan fingerprint density at radius 2 is 1.39 bits per heavy atom. The second-order valence-corrected chi connectivity index (χ2v) is 15.0. The smallest absolute Gasteiger partial charge is 0.132 e. The Labute approximate surface area is 277 Å². The van der Waals surface area contributed by atoms with Gasteiger partial charge < -0.3 is 19.7 Å². The number of aromatic hydroxyl groups is 2. The summed E-state index contributed by atoms with van der Waals surface area (Å²) in [7, 11) is 0. The molecule has 248 valence electrons. The predicted molar refractivity (Wildman–Crippen MR) is 190 cm³/mol. The molecule has 2 N–H and O–H groups in total. The van der Waals surface area contributed by atoms with Crippen LogP contribution in [0.2, 0.25) is 0 Å². The molecule has 2 atom stereocenters. The second kappa shape index (κ2) is 13.8. The quantitative estimate of drug-likeness (QED) is 0.193. The SMILES string of the molecule is CCCCCc1cc(O)c2c(c1)OC(C)(C)[C@@H]1CCC(C)=C[C@@H]21.CCCCCc1cc(O)c2c(c1)OC(C)(C)c1ccc(C)cc1-2. The summed E-state index contributed by atoms with van der Waals surface area (Å²) >= 11 is 0. The van der Waals surface area contributed by atoms with Crippen LogP contribution in [-0.2, 0) is 18.4 Å². The van der Waals surface area contributed by atoms with E-state index < -0.39 is 0 Å². The molecular formula is C42H56O4. The van der Waals surface area contributed by atoms with Gasteiger partial charge in [0, 0.05) is 23.0 Å². The number of aryl methyl sites for hydroxylation is 3. The minimum Gasteiger partial charge on any atom is -0.507 e. The summed E-state index contributed by atoms with van der Waals surface area (Å²) in [5.41, 5.74) is 8.48. The van der Waals surface area contributed by atoms with Gasteiger partial charge in [-0.05, 0) is 121 Å². The van der Waals surface area contributed by atoms with E-state index in [1.54, 1.807) is 0 Å². The van der Waals surface area contributed by atoms with Crippen molar-refractivity contribution in [1.29, 1.82) is 0 Å². The van der Waals surface area contributed by atoms with E-state index in [9.17, 15) is 10.2 Å². The van der Waals surface area contributed by atoms with Crippen LogP contribution in [0.4, 0.5) is 0 Å². The normalized spacial score (nSPS) is 20.0. The maximum atomic E-state index is 10.7. The lowest BCUT2D eigenvalue weighted by molar-refractivity contribution is 0.0107. The minimum absolute atomic E-state index is 0.177. The molecule has 1 aliphatic carbocycles. The molecular weight excluding hydrogens is 568 g/mol. The van der Waals surface area contributed by atoms with E-state index in [1.807, 2.05) is 12.1 Å². The molecule has 6 rings (SSSR count). The van der Waals surface area contributed by atoms with Crippen molar-refractivity contribution in [2.24, 2.45) is 5.92 Å². The van der Waals surface area contributed by atoms with E-state index in [0.717, 1.165) is 71.4 Å². The largest absolute Gasteiger partial charge is 0.507 e. The van der Waals surface area contributed by atoms with Crippen molar-refractivity contribution in [3.8, 4) is 34.1 Å². The van der Waals surface area contributed by atoms with Crippen LogP contribution in [0.15, 0.2) is 54.1 Å². The lowest BCUT2D eigenvalue weighted by Gasteiger charge is -2.46. The zero-order valence-corrected chi connectivity index (χ0v) is 29.6. The van der Waals surface area contributed by atoms with Crippen molar-refractivity contribution < 1.29 is 19.7 Å². The Morgan fingerprint density at radius 3 is 2.04 bits per heavy atom. The van der Waals surface area contributed by atoms with Gasteiger partial charge in [0.1, 0.15) is 34.2 Å². The fourth-order valence-corrected chi connectivity index (χ4v) is 7.75. The number of unbranched alkanes of at least 4 members (excludes halogenated alkanes) is 4. The number of benzene rings is 3. The molecule has 4 nitrogen and oxygen atoms in total. The van der Waals surface area contributed by atoms with Gasteiger partial charge in [0.05, 0.1) is 5.56 Å². The first-order valence-corrected chi connectivity index (χ1v) is 17.7. The molecule has 2 heterocycles. The van der Waals surface area contributed by atoms with E-state index in [2.05, 4.69) is 91.8 Å². The van der Waals surface area contributed by atoms with Gasteiger partial charge in [-0.25, -0.2) is 0 Å². The highest BCUT2D eigenvalue weighted by atomic mass is 16.5. The van der Waals surface area contributed by atoms with E-state index in [0.29, 0.717) is 17.4 Å². The third-order valence-electron chi connectivity index (χ3n) is 10.3. The molecule has 2 aliphatic heterocycles. The number of ether oxygens (including phenoxy) is 2. The van der Waals surface area contributed by atoms with Crippen molar-refractivity contribution in [2.75, 3.05) is 0 Å². The lowest BCUT2D eigenvalue weighted by Crippen LogP contribution is -2.45. The van der Waals surface area contributed by atoms with Crippen LogP contribution in [0.25, 0.3) is 11.1 Å². The highest BCUT2D eigenvalue weighted by molar-refractivity contribution is 5.82. The summed E-state index contributed by atoms with van der Waals surface area (Å²) in [6, 6.07) is 14.5. The van der Waals surface area contributed by atoms with E-state index in [4.69, 9.17) is 9.47 Å². The minimum atomic E-state index is -0.384. The van der Waals surface area contributed by atoms with Crippen LogP contribution in [-0.4, -0.2) is 15.8 Å². The molecule has 46 heavy (non-hydrogen) atoms. The van der Waals surface area contributed by atoms with Gasteiger partial charge in [0.25, 0.3) is 0 Å². The number of phenolic OH excluding ortho intramolecular Hbond substituents is 2. The van der Waals surface area contributed by atoms with Crippen LogP contribution in [0.5, 0.6) is 23.0 Å². The molecule has 4 heteroatoms. The lowest BCUT2D eigenvalue weighted by atomic mass is 9.68.